The number of allylic oxidation sites excluding steroid dienone is 1. The summed E-state index contributed by atoms with van der Waals surface area (Å²) in [5.74, 6) is 2.05. The van der Waals surface area contributed by atoms with Crippen LogP contribution in [0.2, 0.25) is 0 Å². The fourth-order valence-corrected chi connectivity index (χ4v) is 3.06. The van der Waals surface area contributed by atoms with Gasteiger partial charge in [0.05, 0.1) is 0 Å². The predicted octanol–water partition coefficient (Wildman–Crippen LogP) is 4.31. The molecule has 0 aliphatic carbocycles. The Bertz CT molecular complexity index is 719. The highest BCUT2D eigenvalue weighted by atomic mass is 16.7. The van der Waals surface area contributed by atoms with E-state index >= 15 is 0 Å². The number of fused-ring (bicyclic) bond motifs is 1. The van der Waals surface area contributed by atoms with Crippen LogP contribution >= 0.6 is 0 Å². The Morgan fingerprint density at radius 3 is 2.77 bits per heavy atom. The van der Waals surface area contributed by atoms with Gasteiger partial charge in [0.2, 0.25) is 6.79 Å². The van der Waals surface area contributed by atoms with Crippen LogP contribution in [0, 0.1) is 6.92 Å². The minimum atomic E-state index is 0.150. The Balaban J connectivity index is 2.06. The summed E-state index contributed by atoms with van der Waals surface area (Å²) >= 11 is 0. The van der Waals surface area contributed by atoms with Crippen molar-refractivity contribution in [2.45, 2.75) is 26.2 Å². The lowest BCUT2D eigenvalue weighted by atomic mass is 9.85. The Morgan fingerprint density at radius 1 is 1.23 bits per heavy atom. The summed E-state index contributed by atoms with van der Waals surface area (Å²) in [4.78, 5) is 0. The van der Waals surface area contributed by atoms with Crippen molar-refractivity contribution >= 4 is 0 Å². The molecule has 3 nitrogen and oxygen atoms in total. The number of rotatable bonds is 4. The van der Waals surface area contributed by atoms with Crippen molar-refractivity contribution in [3.8, 4) is 17.2 Å². The van der Waals surface area contributed by atoms with Gasteiger partial charge >= 0.3 is 0 Å². The van der Waals surface area contributed by atoms with Crippen LogP contribution in [0.1, 0.15) is 35.1 Å². The molecule has 0 bridgehead atoms. The second-order valence-electron chi connectivity index (χ2n) is 5.61. The molecule has 0 amide bonds. The summed E-state index contributed by atoms with van der Waals surface area (Å²) in [7, 11) is 0. The Hall–Kier alpha value is -2.42. The van der Waals surface area contributed by atoms with E-state index in [4.69, 9.17) is 9.47 Å². The SMILES string of the molecule is C=CCc1ccc(O)c(C)c1C(C)c1ccc2c(c1)OCO2. The van der Waals surface area contributed by atoms with Crippen molar-refractivity contribution < 1.29 is 14.6 Å². The maximum atomic E-state index is 10.1. The summed E-state index contributed by atoms with van der Waals surface area (Å²) in [6.45, 7) is 8.21. The largest absolute Gasteiger partial charge is 0.508 e. The zero-order valence-electron chi connectivity index (χ0n) is 12.9. The third kappa shape index (κ3) is 2.43. The molecule has 1 heterocycles. The van der Waals surface area contributed by atoms with E-state index in [9.17, 15) is 5.11 Å². The van der Waals surface area contributed by atoms with Crippen molar-refractivity contribution in [3.05, 3.63) is 65.2 Å². The van der Waals surface area contributed by atoms with Gasteiger partial charge in [0.15, 0.2) is 11.5 Å². The van der Waals surface area contributed by atoms with E-state index in [1.165, 1.54) is 5.56 Å². The summed E-state index contributed by atoms with van der Waals surface area (Å²) in [6, 6.07) is 9.75. The van der Waals surface area contributed by atoms with Gasteiger partial charge in [-0.25, -0.2) is 0 Å². The predicted molar refractivity (Wildman–Crippen MR) is 86.8 cm³/mol. The first-order valence-corrected chi connectivity index (χ1v) is 7.43. The van der Waals surface area contributed by atoms with Gasteiger partial charge in [-0.05, 0) is 53.8 Å². The van der Waals surface area contributed by atoms with Gasteiger partial charge in [0, 0.05) is 5.92 Å². The Labute approximate surface area is 130 Å². The molecule has 0 fully saturated rings. The van der Waals surface area contributed by atoms with E-state index in [0.29, 0.717) is 5.75 Å². The highest BCUT2D eigenvalue weighted by molar-refractivity contribution is 5.52. The highest BCUT2D eigenvalue weighted by Gasteiger charge is 2.20. The molecule has 1 atom stereocenters. The lowest BCUT2D eigenvalue weighted by Gasteiger charge is -2.20. The van der Waals surface area contributed by atoms with Gasteiger partial charge in [-0.3, -0.25) is 0 Å². The molecule has 22 heavy (non-hydrogen) atoms. The number of phenols is 1. The molecule has 1 unspecified atom stereocenters. The minimum absolute atomic E-state index is 0.150. The molecule has 3 heteroatoms. The number of phenolic OH excluding ortho intramolecular Hbond substituents is 1. The van der Waals surface area contributed by atoms with Crippen LogP contribution < -0.4 is 9.47 Å². The van der Waals surface area contributed by atoms with Crippen LogP contribution in [0.25, 0.3) is 0 Å². The summed E-state index contributed by atoms with van der Waals surface area (Å²) in [6.07, 6.45) is 2.67. The van der Waals surface area contributed by atoms with Gasteiger partial charge in [-0.1, -0.05) is 25.1 Å². The molecule has 0 spiro atoms. The molecule has 0 saturated heterocycles. The van der Waals surface area contributed by atoms with Crippen molar-refractivity contribution in [2.24, 2.45) is 0 Å². The molecule has 0 radical (unpaired) electrons. The molecule has 2 aromatic rings. The smallest absolute Gasteiger partial charge is 0.231 e. The monoisotopic (exact) mass is 296 g/mol. The number of ether oxygens (including phenoxy) is 2. The van der Waals surface area contributed by atoms with Gasteiger partial charge in [-0.15, -0.1) is 6.58 Å². The molecular weight excluding hydrogens is 276 g/mol. The average Bonchev–Trinajstić information content (AvgIpc) is 2.98. The third-order valence-corrected chi connectivity index (χ3v) is 4.27. The minimum Gasteiger partial charge on any atom is -0.508 e. The van der Waals surface area contributed by atoms with Crippen molar-refractivity contribution in [1.29, 1.82) is 0 Å². The Kier molecular flexibility index (Phi) is 3.80. The normalized spacial score (nSPS) is 13.9. The van der Waals surface area contributed by atoms with Crippen molar-refractivity contribution in [3.63, 3.8) is 0 Å². The third-order valence-electron chi connectivity index (χ3n) is 4.27. The molecule has 1 aliphatic heterocycles. The van der Waals surface area contributed by atoms with E-state index in [-0.39, 0.29) is 12.7 Å². The Morgan fingerprint density at radius 2 is 2.00 bits per heavy atom. The molecule has 0 saturated carbocycles. The molecule has 3 rings (SSSR count). The fourth-order valence-electron chi connectivity index (χ4n) is 3.06. The molecule has 2 aromatic carbocycles. The van der Waals surface area contributed by atoms with Crippen molar-refractivity contribution in [2.75, 3.05) is 6.79 Å². The number of hydrogen-bond acceptors (Lipinski definition) is 3. The zero-order valence-corrected chi connectivity index (χ0v) is 12.9. The molecule has 1 N–H and O–H groups in total. The second-order valence-corrected chi connectivity index (χ2v) is 5.61. The summed E-state index contributed by atoms with van der Waals surface area (Å²) < 4.78 is 10.8. The topological polar surface area (TPSA) is 38.7 Å². The number of benzene rings is 2. The average molecular weight is 296 g/mol. The molecule has 114 valence electrons. The number of aromatic hydroxyl groups is 1. The van der Waals surface area contributed by atoms with Crippen LogP contribution in [0.4, 0.5) is 0 Å². The standard InChI is InChI=1S/C19H20O3/c1-4-5-14-6-8-16(20)13(3)19(14)12(2)15-7-9-17-18(10-15)22-11-21-17/h4,6-10,12,20H,1,5,11H2,2-3H3. The second kappa shape index (κ2) is 5.76. The van der Waals surface area contributed by atoms with E-state index in [0.717, 1.165) is 34.6 Å². The maximum Gasteiger partial charge on any atom is 0.231 e. The van der Waals surface area contributed by atoms with Gasteiger partial charge in [0.25, 0.3) is 0 Å². The first kappa shape index (κ1) is 14.5. The lowest BCUT2D eigenvalue weighted by molar-refractivity contribution is 0.174. The van der Waals surface area contributed by atoms with Crippen LogP contribution in [-0.2, 0) is 6.42 Å². The zero-order chi connectivity index (χ0) is 15.7. The first-order valence-electron chi connectivity index (χ1n) is 7.43. The summed E-state index contributed by atoms with van der Waals surface area (Å²) in [5.41, 5.74) is 4.40. The summed E-state index contributed by atoms with van der Waals surface area (Å²) in [5, 5.41) is 10.1. The quantitative estimate of drug-likeness (QED) is 0.854. The number of hydrogen-bond donors (Lipinski definition) is 1. The van der Waals surface area contributed by atoms with E-state index in [1.54, 1.807) is 6.07 Å². The van der Waals surface area contributed by atoms with Crippen LogP contribution in [0.5, 0.6) is 17.2 Å². The van der Waals surface area contributed by atoms with Crippen molar-refractivity contribution in [1.82, 2.24) is 0 Å². The van der Waals surface area contributed by atoms with Gasteiger partial charge in [-0.2, -0.15) is 0 Å². The highest BCUT2D eigenvalue weighted by Crippen LogP contribution is 2.39. The molecule has 1 aliphatic rings. The lowest BCUT2D eigenvalue weighted by Crippen LogP contribution is -2.04. The van der Waals surface area contributed by atoms with E-state index in [2.05, 4.69) is 19.6 Å². The van der Waals surface area contributed by atoms with Crippen LogP contribution in [-0.4, -0.2) is 11.9 Å². The first-order chi connectivity index (χ1) is 10.6. The van der Waals surface area contributed by atoms with Gasteiger partial charge < -0.3 is 14.6 Å². The van der Waals surface area contributed by atoms with Crippen LogP contribution in [0.15, 0.2) is 43.0 Å². The van der Waals surface area contributed by atoms with Gasteiger partial charge in [0.1, 0.15) is 5.75 Å². The van der Waals surface area contributed by atoms with E-state index in [1.807, 2.05) is 31.2 Å². The van der Waals surface area contributed by atoms with E-state index < -0.39 is 0 Å². The molecular formula is C19H20O3. The molecule has 0 aromatic heterocycles. The maximum absolute atomic E-state index is 10.1. The fraction of sp³-hybridized carbons (Fsp3) is 0.263. The van der Waals surface area contributed by atoms with Crippen LogP contribution in [0.3, 0.4) is 0 Å².